The first kappa shape index (κ1) is 20.6. The van der Waals surface area contributed by atoms with Crippen molar-refractivity contribution in [3.63, 3.8) is 0 Å². The molecule has 0 aromatic heterocycles. The quantitative estimate of drug-likeness (QED) is 0.815. The molecule has 2 N–H and O–H groups in total. The summed E-state index contributed by atoms with van der Waals surface area (Å²) in [5, 5.41) is 6.41. The Bertz CT molecular complexity index is 716. The maximum absolute atomic E-state index is 13.3. The zero-order valence-corrected chi connectivity index (χ0v) is 17.6. The number of hydrogen-bond donors (Lipinski definition) is 2. The first-order valence-corrected chi connectivity index (χ1v) is 10.1. The van der Waals surface area contributed by atoms with E-state index in [1.54, 1.807) is 14.0 Å². The standard InChI is InChI=1S/C22H33N3O3/c1-14-6-8-18(9-7-14)24-22(3,4)21(27)25-12-16-10-19(23-15(2)26)20(28-5)11-17(16)13-25/h6-9,16-17,19-20,24H,10-13H2,1-5H3,(H,23,26)/t16-,17+,19-,20-/m1/s1. The number of anilines is 1. The molecular weight excluding hydrogens is 354 g/mol. The Hall–Kier alpha value is -2.08. The lowest BCUT2D eigenvalue weighted by molar-refractivity contribution is -0.134. The molecule has 4 atom stereocenters. The minimum absolute atomic E-state index is 0.0129. The summed E-state index contributed by atoms with van der Waals surface area (Å²) in [7, 11) is 1.70. The van der Waals surface area contributed by atoms with Crippen LogP contribution in [0.2, 0.25) is 0 Å². The molecule has 28 heavy (non-hydrogen) atoms. The zero-order valence-electron chi connectivity index (χ0n) is 17.6. The minimum atomic E-state index is -0.680. The van der Waals surface area contributed by atoms with E-state index in [9.17, 15) is 9.59 Å². The van der Waals surface area contributed by atoms with Crippen molar-refractivity contribution in [3.8, 4) is 0 Å². The van der Waals surface area contributed by atoms with Crippen molar-refractivity contribution in [2.24, 2.45) is 11.8 Å². The van der Waals surface area contributed by atoms with Crippen molar-refractivity contribution < 1.29 is 14.3 Å². The Kier molecular flexibility index (Phi) is 5.98. The van der Waals surface area contributed by atoms with Gasteiger partial charge in [0.1, 0.15) is 5.54 Å². The Morgan fingerprint density at radius 1 is 1.11 bits per heavy atom. The van der Waals surface area contributed by atoms with Gasteiger partial charge in [-0.25, -0.2) is 0 Å². The van der Waals surface area contributed by atoms with Gasteiger partial charge in [-0.2, -0.15) is 0 Å². The molecule has 1 aromatic carbocycles. The third-order valence-electron chi connectivity index (χ3n) is 6.14. The molecule has 2 amide bonds. The summed E-state index contributed by atoms with van der Waals surface area (Å²) in [5.74, 6) is 0.920. The normalized spacial score (nSPS) is 27.2. The van der Waals surface area contributed by atoms with Crippen molar-refractivity contribution >= 4 is 17.5 Å². The summed E-state index contributed by atoms with van der Waals surface area (Å²) >= 11 is 0. The number of fused-ring (bicyclic) bond motifs is 1. The average molecular weight is 388 g/mol. The molecule has 3 rings (SSSR count). The molecule has 0 radical (unpaired) electrons. The Balaban J connectivity index is 1.65. The predicted octanol–water partition coefficient (Wildman–Crippen LogP) is 2.57. The van der Waals surface area contributed by atoms with Gasteiger partial charge < -0.3 is 20.3 Å². The molecule has 0 bridgehead atoms. The largest absolute Gasteiger partial charge is 0.379 e. The molecule has 1 aromatic rings. The van der Waals surface area contributed by atoms with Gasteiger partial charge in [0.25, 0.3) is 0 Å². The first-order chi connectivity index (χ1) is 13.2. The monoisotopic (exact) mass is 387 g/mol. The van der Waals surface area contributed by atoms with Crippen LogP contribution in [0.25, 0.3) is 0 Å². The van der Waals surface area contributed by atoms with Gasteiger partial charge in [-0.15, -0.1) is 0 Å². The maximum Gasteiger partial charge on any atom is 0.247 e. The molecule has 6 nitrogen and oxygen atoms in total. The van der Waals surface area contributed by atoms with Gasteiger partial charge in [-0.3, -0.25) is 9.59 Å². The van der Waals surface area contributed by atoms with Gasteiger partial charge in [0.05, 0.1) is 12.1 Å². The Labute approximate surface area is 168 Å². The number of aryl methyl sites for hydroxylation is 1. The lowest BCUT2D eigenvalue weighted by atomic mass is 9.77. The number of nitrogens with one attached hydrogen (secondary N) is 2. The topological polar surface area (TPSA) is 70.7 Å². The second-order valence-electron chi connectivity index (χ2n) is 8.90. The van der Waals surface area contributed by atoms with Crippen LogP contribution < -0.4 is 10.6 Å². The van der Waals surface area contributed by atoms with E-state index in [0.29, 0.717) is 11.8 Å². The number of carbonyl (C=O) groups is 2. The number of ether oxygens (including phenoxy) is 1. The van der Waals surface area contributed by atoms with Crippen LogP contribution in [-0.2, 0) is 14.3 Å². The number of likely N-dealkylation sites (tertiary alicyclic amines) is 1. The fourth-order valence-electron chi connectivity index (χ4n) is 4.70. The summed E-state index contributed by atoms with van der Waals surface area (Å²) in [6.45, 7) is 8.98. The lowest BCUT2D eigenvalue weighted by Crippen LogP contribution is -2.49. The molecule has 1 aliphatic carbocycles. The van der Waals surface area contributed by atoms with E-state index in [1.165, 1.54) is 5.56 Å². The van der Waals surface area contributed by atoms with Crippen molar-refractivity contribution in [1.29, 1.82) is 0 Å². The van der Waals surface area contributed by atoms with Gasteiger partial charge in [0, 0.05) is 32.8 Å². The van der Waals surface area contributed by atoms with E-state index in [1.807, 2.05) is 49.9 Å². The van der Waals surface area contributed by atoms with E-state index in [2.05, 4.69) is 10.6 Å². The molecule has 154 valence electrons. The van der Waals surface area contributed by atoms with E-state index < -0.39 is 5.54 Å². The first-order valence-electron chi connectivity index (χ1n) is 10.1. The van der Waals surface area contributed by atoms with Gasteiger partial charge in [-0.05, 0) is 57.6 Å². The Morgan fingerprint density at radius 3 is 2.29 bits per heavy atom. The smallest absolute Gasteiger partial charge is 0.247 e. The number of amides is 2. The minimum Gasteiger partial charge on any atom is -0.379 e. The van der Waals surface area contributed by atoms with E-state index in [0.717, 1.165) is 31.6 Å². The van der Waals surface area contributed by atoms with Crippen LogP contribution in [0.15, 0.2) is 24.3 Å². The summed E-state index contributed by atoms with van der Waals surface area (Å²) < 4.78 is 5.63. The van der Waals surface area contributed by atoms with Crippen LogP contribution in [0.4, 0.5) is 5.69 Å². The van der Waals surface area contributed by atoms with Crippen LogP contribution in [0.5, 0.6) is 0 Å². The second kappa shape index (κ2) is 8.11. The van der Waals surface area contributed by atoms with Gasteiger partial charge >= 0.3 is 0 Å². The van der Waals surface area contributed by atoms with Crippen LogP contribution in [0.1, 0.15) is 39.2 Å². The molecule has 1 heterocycles. The lowest BCUT2D eigenvalue weighted by Gasteiger charge is -2.37. The summed E-state index contributed by atoms with van der Waals surface area (Å²) in [6.07, 6.45) is 1.75. The number of hydrogen-bond acceptors (Lipinski definition) is 4. The molecule has 0 spiro atoms. The van der Waals surface area contributed by atoms with Crippen molar-refractivity contribution in [2.75, 3.05) is 25.5 Å². The molecule has 1 saturated carbocycles. The van der Waals surface area contributed by atoms with Crippen LogP contribution in [0, 0.1) is 18.8 Å². The van der Waals surface area contributed by atoms with Crippen molar-refractivity contribution in [3.05, 3.63) is 29.8 Å². The molecule has 2 fully saturated rings. The highest BCUT2D eigenvalue weighted by Gasteiger charge is 2.46. The number of rotatable bonds is 5. The number of benzene rings is 1. The molecule has 2 aliphatic rings. The van der Waals surface area contributed by atoms with Crippen LogP contribution in [-0.4, -0.2) is 54.6 Å². The van der Waals surface area contributed by atoms with E-state index in [4.69, 9.17) is 4.74 Å². The summed E-state index contributed by atoms with van der Waals surface area (Å²) in [5.41, 5.74) is 1.46. The highest BCUT2D eigenvalue weighted by molar-refractivity contribution is 5.88. The highest BCUT2D eigenvalue weighted by Crippen LogP contribution is 2.38. The summed E-state index contributed by atoms with van der Waals surface area (Å²) in [4.78, 5) is 26.8. The van der Waals surface area contributed by atoms with Gasteiger partial charge in [0.2, 0.25) is 11.8 Å². The summed E-state index contributed by atoms with van der Waals surface area (Å²) in [6, 6.07) is 8.13. The van der Waals surface area contributed by atoms with Crippen LogP contribution in [0.3, 0.4) is 0 Å². The molecule has 1 saturated heterocycles. The van der Waals surface area contributed by atoms with Gasteiger partial charge in [0.15, 0.2) is 0 Å². The highest BCUT2D eigenvalue weighted by atomic mass is 16.5. The molecular formula is C22H33N3O3. The molecule has 6 heteroatoms. The van der Waals surface area contributed by atoms with E-state index >= 15 is 0 Å². The van der Waals surface area contributed by atoms with Crippen LogP contribution >= 0.6 is 0 Å². The van der Waals surface area contributed by atoms with Crippen molar-refractivity contribution in [1.82, 2.24) is 10.2 Å². The van der Waals surface area contributed by atoms with Crippen molar-refractivity contribution in [2.45, 2.75) is 58.2 Å². The third kappa shape index (κ3) is 4.49. The average Bonchev–Trinajstić information content (AvgIpc) is 3.04. The predicted molar refractivity (Wildman–Crippen MR) is 110 cm³/mol. The fourth-order valence-corrected chi connectivity index (χ4v) is 4.70. The molecule has 0 unspecified atom stereocenters. The Morgan fingerprint density at radius 2 is 1.71 bits per heavy atom. The number of carbonyl (C=O) groups excluding carboxylic acids is 2. The van der Waals surface area contributed by atoms with Gasteiger partial charge in [-0.1, -0.05) is 17.7 Å². The maximum atomic E-state index is 13.3. The third-order valence-corrected chi connectivity index (χ3v) is 6.14. The fraction of sp³-hybridized carbons (Fsp3) is 0.636. The number of nitrogens with zero attached hydrogens (tertiary/aromatic N) is 1. The molecule has 1 aliphatic heterocycles. The SMILES string of the molecule is CO[C@@H]1C[C@H]2CN(C(=O)C(C)(C)Nc3ccc(C)cc3)C[C@H]2C[C@H]1NC(C)=O. The van der Waals surface area contributed by atoms with E-state index in [-0.39, 0.29) is 24.0 Å². The number of methoxy groups -OCH3 is 1. The zero-order chi connectivity index (χ0) is 20.5. The second-order valence-corrected chi connectivity index (χ2v) is 8.90.